The first kappa shape index (κ1) is 16.0. The topological polar surface area (TPSA) is 23.5 Å². The van der Waals surface area contributed by atoms with Crippen LogP contribution in [0.5, 0.6) is 0 Å². The summed E-state index contributed by atoms with van der Waals surface area (Å²) in [7, 11) is 2.17. The maximum Gasteiger partial charge on any atom is 0.0921 e. The third kappa shape index (κ3) is 8.16. The largest absolute Gasteiger partial charge is 0.512 e. The third-order valence-electron chi connectivity index (χ3n) is 2.50. The van der Waals surface area contributed by atoms with Gasteiger partial charge in [0, 0.05) is 0 Å². The number of hydrogen-bond acceptors (Lipinski definition) is 2. The lowest BCUT2D eigenvalue weighted by molar-refractivity contribution is 0.331. The van der Waals surface area contributed by atoms with Gasteiger partial charge in [-0.15, -0.1) is 0 Å². The van der Waals surface area contributed by atoms with E-state index in [0.29, 0.717) is 5.76 Å². The number of aliphatic hydroxyl groups excluding tert-OH is 1. The zero-order valence-electron chi connectivity index (χ0n) is 10.9. The number of rotatable bonds is 7. The summed E-state index contributed by atoms with van der Waals surface area (Å²) >= 11 is 2.36. The van der Waals surface area contributed by atoms with Gasteiger partial charge in [-0.05, 0) is 91.1 Å². The van der Waals surface area contributed by atoms with Crippen LogP contribution in [-0.2, 0) is 0 Å². The highest BCUT2D eigenvalue weighted by molar-refractivity contribution is 14.1. The van der Waals surface area contributed by atoms with E-state index in [1.165, 1.54) is 23.0 Å². The molecule has 0 spiro atoms. The van der Waals surface area contributed by atoms with Crippen molar-refractivity contribution in [1.29, 1.82) is 0 Å². The van der Waals surface area contributed by atoms with Crippen molar-refractivity contribution < 1.29 is 5.11 Å². The van der Waals surface area contributed by atoms with Crippen LogP contribution in [0.3, 0.4) is 0 Å². The lowest BCUT2D eigenvalue weighted by Gasteiger charge is -2.14. The minimum absolute atomic E-state index is 0.414. The molecular formula is C13H24INO. The zero-order valence-corrected chi connectivity index (χ0v) is 13.0. The van der Waals surface area contributed by atoms with Crippen molar-refractivity contribution in [2.24, 2.45) is 0 Å². The molecule has 0 aliphatic rings. The van der Waals surface area contributed by atoms with Crippen molar-refractivity contribution in [1.82, 2.24) is 4.90 Å². The van der Waals surface area contributed by atoms with Crippen molar-refractivity contribution in [2.45, 2.75) is 40.0 Å². The molecule has 94 valence electrons. The molecule has 0 aliphatic heterocycles. The van der Waals surface area contributed by atoms with Crippen LogP contribution in [-0.4, -0.2) is 30.1 Å². The van der Waals surface area contributed by atoms with Gasteiger partial charge in [-0.2, -0.15) is 0 Å². The summed E-state index contributed by atoms with van der Waals surface area (Å²) in [5, 5.41) is 9.28. The molecule has 0 aromatic heterocycles. The first-order chi connectivity index (χ1) is 7.47. The summed E-state index contributed by atoms with van der Waals surface area (Å²) in [5.74, 6) is 0.414. The lowest BCUT2D eigenvalue weighted by atomic mass is 10.2. The second-order valence-corrected chi connectivity index (χ2v) is 5.65. The fourth-order valence-corrected chi connectivity index (χ4v) is 2.27. The van der Waals surface area contributed by atoms with E-state index >= 15 is 0 Å². The first-order valence-corrected chi connectivity index (χ1v) is 6.96. The van der Waals surface area contributed by atoms with Crippen LogP contribution < -0.4 is 0 Å². The molecule has 0 fully saturated rings. The Balaban J connectivity index is 3.90. The molecule has 0 bridgehead atoms. The van der Waals surface area contributed by atoms with Gasteiger partial charge in [0.1, 0.15) is 0 Å². The van der Waals surface area contributed by atoms with Gasteiger partial charge < -0.3 is 10.0 Å². The van der Waals surface area contributed by atoms with Crippen LogP contribution in [0.15, 0.2) is 21.0 Å². The Morgan fingerprint density at radius 3 is 2.44 bits per heavy atom. The minimum Gasteiger partial charge on any atom is -0.512 e. The molecular weight excluding hydrogens is 313 g/mol. The van der Waals surface area contributed by atoms with Crippen molar-refractivity contribution in [3.8, 4) is 0 Å². The highest BCUT2D eigenvalue weighted by atomic mass is 127. The second kappa shape index (κ2) is 9.05. The van der Waals surface area contributed by atoms with Crippen LogP contribution in [0.25, 0.3) is 0 Å². The minimum atomic E-state index is 0.414. The van der Waals surface area contributed by atoms with E-state index in [-0.39, 0.29) is 0 Å². The van der Waals surface area contributed by atoms with Gasteiger partial charge in [0.15, 0.2) is 0 Å². The average molecular weight is 337 g/mol. The van der Waals surface area contributed by atoms with E-state index in [2.05, 4.69) is 47.5 Å². The van der Waals surface area contributed by atoms with Crippen LogP contribution >= 0.6 is 22.6 Å². The smallest absolute Gasteiger partial charge is 0.0921 e. The maximum absolute atomic E-state index is 9.28. The maximum atomic E-state index is 9.28. The third-order valence-corrected chi connectivity index (χ3v) is 3.36. The van der Waals surface area contributed by atoms with Crippen LogP contribution in [0.4, 0.5) is 0 Å². The summed E-state index contributed by atoms with van der Waals surface area (Å²) < 4.78 is 1.31. The molecule has 0 aromatic carbocycles. The van der Waals surface area contributed by atoms with Crippen molar-refractivity contribution in [2.75, 3.05) is 20.1 Å². The molecule has 0 saturated carbocycles. The Bertz CT molecular complexity index is 255. The van der Waals surface area contributed by atoms with Gasteiger partial charge in [0.2, 0.25) is 0 Å². The Kier molecular flexibility index (Phi) is 9.03. The second-order valence-electron chi connectivity index (χ2n) is 4.27. The fourth-order valence-electron chi connectivity index (χ4n) is 1.42. The SMILES string of the molecule is CCCN(C)CCC/C(I)=C/C(C)=C(/C)O. The highest BCUT2D eigenvalue weighted by Gasteiger charge is 1.99. The molecule has 3 heteroatoms. The number of halogens is 1. The zero-order chi connectivity index (χ0) is 12.6. The summed E-state index contributed by atoms with van der Waals surface area (Å²) in [6.45, 7) is 8.20. The molecule has 0 atom stereocenters. The molecule has 0 radical (unpaired) electrons. The van der Waals surface area contributed by atoms with Gasteiger partial charge in [-0.25, -0.2) is 0 Å². The molecule has 2 nitrogen and oxygen atoms in total. The molecule has 0 aliphatic carbocycles. The normalized spacial score (nSPS) is 14.2. The van der Waals surface area contributed by atoms with Crippen molar-refractivity contribution >= 4 is 22.6 Å². The van der Waals surface area contributed by atoms with Gasteiger partial charge in [-0.3, -0.25) is 0 Å². The van der Waals surface area contributed by atoms with E-state index < -0.39 is 0 Å². The lowest BCUT2D eigenvalue weighted by Crippen LogP contribution is -2.20. The summed E-state index contributed by atoms with van der Waals surface area (Å²) in [6, 6.07) is 0. The number of allylic oxidation sites excluding steroid dienone is 4. The monoisotopic (exact) mass is 337 g/mol. The molecule has 16 heavy (non-hydrogen) atoms. The molecule has 0 rings (SSSR count). The molecule has 0 amide bonds. The molecule has 0 unspecified atom stereocenters. The van der Waals surface area contributed by atoms with Crippen LogP contribution in [0.1, 0.15) is 40.0 Å². The molecule has 1 N–H and O–H groups in total. The first-order valence-electron chi connectivity index (χ1n) is 5.88. The van der Waals surface area contributed by atoms with Gasteiger partial charge in [0.25, 0.3) is 0 Å². The van der Waals surface area contributed by atoms with E-state index in [9.17, 15) is 5.11 Å². The highest BCUT2D eigenvalue weighted by Crippen LogP contribution is 2.17. The van der Waals surface area contributed by atoms with Crippen molar-refractivity contribution in [3.05, 3.63) is 21.0 Å². The number of nitrogens with zero attached hydrogens (tertiary/aromatic N) is 1. The van der Waals surface area contributed by atoms with E-state index in [0.717, 1.165) is 18.5 Å². The molecule has 0 saturated heterocycles. The Morgan fingerprint density at radius 2 is 1.94 bits per heavy atom. The predicted octanol–water partition coefficient (Wildman–Crippen LogP) is 4.28. The standard InChI is InChI=1S/C13H24INO/c1-5-8-15(4)9-6-7-13(14)10-11(2)12(3)16/h10,16H,5-9H2,1-4H3/b12-11-,13-10-. The summed E-state index contributed by atoms with van der Waals surface area (Å²) in [5.41, 5.74) is 0.964. The van der Waals surface area contributed by atoms with E-state index in [4.69, 9.17) is 0 Å². The summed E-state index contributed by atoms with van der Waals surface area (Å²) in [4.78, 5) is 2.36. The molecule has 0 aromatic rings. The van der Waals surface area contributed by atoms with Crippen LogP contribution in [0, 0.1) is 0 Å². The number of hydrogen-bond donors (Lipinski definition) is 1. The van der Waals surface area contributed by atoms with Gasteiger partial charge in [0.05, 0.1) is 5.76 Å². The van der Waals surface area contributed by atoms with Crippen LogP contribution in [0.2, 0.25) is 0 Å². The average Bonchev–Trinajstić information content (AvgIpc) is 2.17. The Hall–Kier alpha value is -0.0300. The van der Waals surface area contributed by atoms with Crippen molar-refractivity contribution in [3.63, 3.8) is 0 Å². The van der Waals surface area contributed by atoms with Gasteiger partial charge in [-0.1, -0.05) is 6.92 Å². The molecule has 0 heterocycles. The van der Waals surface area contributed by atoms with E-state index in [1.54, 1.807) is 6.92 Å². The number of aliphatic hydroxyl groups is 1. The fraction of sp³-hybridized carbons (Fsp3) is 0.692. The predicted molar refractivity (Wildman–Crippen MR) is 80.1 cm³/mol. The summed E-state index contributed by atoms with van der Waals surface area (Å²) in [6.07, 6.45) is 5.56. The quantitative estimate of drug-likeness (QED) is 0.426. The Morgan fingerprint density at radius 1 is 1.31 bits per heavy atom. The Labute approximate surface area is 114 Å². The van der Waals surface area contributed by atoms with Gasteiger partial charge >= 0.3 is 0 Å². The van der Waals surface area contributed by atoms with E-state index in [1.807, 2.05) is 6.92 Å².